The zero-order chi connectivity index (χ0) is 50.5. The van der Waals surface area contributed by atoms with Crippen molar-refractivity contribution in [2.45, 2.75) is 71.5 Å². The Balaban J connectivity index is 0.000000323. The second-order valence-electron chi connectivity index (χ2n) is 14.3. The number of amides is 5. The van der Waals surface area contributed by atoms with E-state index in [9.17, 15) is 59.1 Å². The smallest absolute Gasteiger partial charge is 0.331 e. The number of benzene rings is 3. The number of nitrogens with two attached hydrogens (primary N) is 4. The lowest BCUT2D eigenvalue weighted by atomic mass is 10.1. The molecule has 0 aromatic heterocycles. The molecule has 3 aromatic carbocycles. The third-order valence-electron chi connectivity index (χ3n) is 9.80. The van der Waals surface area contributed by atoms with Crippen LogP contribution in [-0.2, 0) is 33.5 Å². The average Bonchev–Trinajstić information content (AvgIpc) is 3.88. The molecule has 3 aromatic rings. The molecule has 5 rings (SSSR count). The van der Waals surface area contributed by atoms with E-state index in [1.807, 2.05) is 6.92 Å². The predicted octanol–water partition coefficient (Wildman–Crippen LogP) is 4.66. The van der Waals surface area contributed by atoms with Crippen LogP contribution in [0.3, 0.4) is 0 Å². The van der Waals surface area contributed by atoms with Gasteiger partial charge in [0.25, 0.3) is 17.1 Å². The first-order valence-corrected chi connectivity index (χ1v) is 21.6. The van der Waals surface area contributed by atoms with Gasteiger partial charge < -0.3 is 37.5 Å². The Labute approximate surface area is 393 Å². The summed E-state index contributed by atoms with van der Waals surface area (Å²) in [5, 5.41) is 32.7. The number of carbonyl (C=O) groups excluding carboxylic acids is 6. The molecule has 0 bridgehead atoms. The lowest BCUT2D eigenvalue weighted by Gasteiger charge is -2.24. The number of alkyl halides is 1. The van der Waals surface area contributed by atoms with Crippen molar-refractivity contribution in [3.8, 4) is 0 Å². The Kier molecular flexibility index (Phi) is 22.3. The Bertz CT molecular complexity index is 2440. The largest absolute Gasteiger partial charge is 0.463 e. The highest BCUT2D eigenvalue weighted by molar-refractivity contribution is 9.09. The molecule has 5 amide bonds. The summed E-state index contributed by atoms with van der Waals surface area (Å²) in [6.45, 7) is 7.58. The van der Waals surface area contributed by atoms with Gasteiger partial charge in [-0.3, -0.25) is 54.3 Å². The van der Waals surface area contributed by atoms with E-state index in [4.69, 9.17) is 27.7 Å². The summed E-state index contributed by atoms with van der Waals surface area (Å²) in [6, 6.07) is 16.4. The monoisotopic (exact) mass is 993 g/mol. The number of rotatable bonds is 17. The van der Waals surface area contributed by atoms with Crippen molar-refractivity contribution < 1.29 is 48.3 Å². The molecular weight excluding hydrogens is 942 g/mol. The molecule has 2 aliphatic rings. The number of nitrogens with zero attached hydrogens (tertiary/aromatic N) is 5. The summed E-state index contributed by atoms with van der Waals surface area (Å²) < 4.78 is 4.80. The highest BCUT2D eigenvalue weighted by atomic mass is 79.9. The number of primary amides is 3. The van der Waals surface area contributed by atoms with Crippen LogP contribution < -0.4 is 22.9 Å². The molecule has 23 heteroatoms. The second kappa shape index (κ2) is 27.0. The molecular formula is C44H52BrN9O13. The molecule has 0 saturated heterocycles. The quantitative estimate of drug-likeness (QED) is 0.0470. The minimum Gasteiger partial charge on any atom is -0.463 e. The molecule has 358 valence electrons. The minimum atomic E-state index is -0.686. The average molecular weight is 995 g/mol. The molecule has 2 aliphatic heterocycles. The lowest BCUT2D eigenvalue weighted by molar-refractivity contribution is -0.385. The van der Waals surface area contributed by atoms with Gasteiger partial charge in [-0.25, -0.2) is 4.79 Å². The van der Waals surface area contributed by atoms with Crippen molar-refractivity contribution in [3.05, 3.63) is 138 Å². The van der Waals surface area contributed by atoms with Crippen LogP contribution in [0.15, 0.2) is 91.1 Å². The van der Waals surface area contributed by atoms with Crippen molar-refractivity contribution in [2.75, 3.05) is 18.5 Å². The van der Waals surface area contributed by atoms with E-state index in [-0.39, 0.29) is 41.8 Å². The number of hydrogen-bond acceptors (Lipinski definition) is 14. The van der Waals surface area contributed by atoms with E-state index in [2.05, 4.69) is 15.9 Å². The van der Waals surface area contributed by atoms with Crippen molar-refractivity contribution >= 4 is 85.2 Å². The number of carbonyl (C=O) groups is 6. The first kappa shape index (κ1) is 55.5. The molecule has 3 atom stereocenters. The van der Waals surface area contributed by atoms with Gasteiger partial charge in [-0.05, 0) is 59.6 Å². The molecule has 22 nitrogen and oxygen atoms in total. The fourth-order valence-corrected chi connectivity index (χ4v) is 6.74. The van der Waals surface area contributed by atoms with Crippen molar-refractivity contribution in [2.24, 2.45) is 22.9 Å². The third-order valence-corrected chi connectivity index (χ3v) is 10.4. The lowest BCUT2D eigenvalue weighted by Crippen LogP contribution is -2.45. The van der Waals surface area contributed by atoms with Crippen LogP contribution in [0.5, 0.6) is 0 Å². The summed E-state index contributed by atoms with van der Waals surface area (Å²) >= 11 is 3.25. The standard InChI is InChI=1S/2C14H15N3O4.C12H12BrNO4.C4H10N2O/c2*1-2-12(14(15)19)16-8-10(7-13(16)18)9-4-3-5-11(6-9)17(20)21;1-2-18-12(15)7-10(8-13)9-4-3-5-11(6-9)14(16)17;1-2-3(5)4(6)7/h3-6,8,12H,2,7H2,1H3,(H2,15,19);3-7,12H,2,8H2,1H3,(H2,15,19);3-7H,2,8H2,1H3;3H,2,5H2,1H3,(H2,6,7)/b;;10-7+;/t2*12-;;3-/m00.0/s1. The Morgan fingerprint density at radius 1 is 0.731 bits per heavy atom. The minimum absolute atomic E-state index is 0.0109. The summed E-state index contributed by atoms with van der Waals surface area (Å²) in [5.74, 6) is -2.55. The second-order valence-corrected chi connectivity index (χ2v) is 14.9. The van der Waals surface area contributed by atoms with E-state index >= 15 is 0 Å². The van der Waals surface area contributed by atoms with E-state index < -0.39 is 56.6 Å². The molecule has 0 aliphatic carbocycles. The fraction of sp³-hybridized carbons (Fsp3) is 0.318. The highest BCUT2D eigenvalue weighted by Crippen LogP contribution is 2.30. The fourth-order valence-electron chi connectivity index (χ4n) is 6.25. The zero-order valence-corrected chi connectivity index (χ0v) is 38.7. The molecule has 0 saturated carbocycles. The van der Waals surface area contributed by atoms with Gasteiger partial charge in [-0.2, -0.15) is 0 Å². The number of esters is 1. The molecule has 0 spiro atoms. The van der Waals surface area contributed by atoms with Crippen LogP contribution in [0.4, 0.5) is 17.1 Å². The van der Waals surface area contributed by atoms with Crippen LogP contribution in [-0.4, -0.2) is 96.7 Å². The summed E-state index contributed by atoms with van der Waals surface area (Å²) in [5.41, 5.74) is 24.1. The number of halogens is 1. The van der Waals surface area contributed by atoms with E-state index in [1.54, 1.807) is 63.4 Å². The maximum Gasteiger partial charge on any atom is 0.331 e. The normalized spacial score (nSPS) is 14.3. The maximum atomic E-state index is 12.0. The summed E-state index contributed by atoms with van der Waals surface area (Å²) in [4.78, 5) is 102. The van der Waals surface area contributed by atoms with Crippen LogP contribution in [0.25, 0.3) is 16.7 Å². The Hall–Kier alpha value is -7.66. The van der Waals surface area contributed by atoms with Gasteiger partial charge in [0, 0.05) is 66.6 Å². The molecule has 8 N–H and O–H groups in total. The molecule has 0 fully saturated rings. The SMILES string of the molecule is CCOC(=O)/C=C(\CBr)c1cccc([N+](=O)[O-])c1.CC[C@@H](C(N)=O)N1C=C(c2cccc([N+](=O)[O-])c2)CC1=O.CC[C@@H](C(N)=O)N1CC(c2cccc([N+](=O)[O-])c2)=CC1=O.CC[C@H](N)C(N)=O. The topological polar surface area (TPSA) is 352 Å². The van der Waals surface area contributed by atoms with Crippen LogP contribution in [0.1, 0.15) is 70.1 Å². The van der Waals surface area contributed by atoms with E-state index in [0.29, 0.717) is 64.6 Å². The van der Waals surface area contributed by atoms with E-state index in [1.165, 1.54) is 58.4 Å². The molecule has 2 heterocycles. The first-order chi connectivity index (χ1) is 31.6. The number of ether oxygens (including phenoxy) is 1. The highest BCUT2D eigenvalue weighted by Gasteiger charge is 2.32. The third kappa shape index (κ3) is 16.7. The Morgan fingerprint density at radius 2 is 1.22 bits per heavy atom. The van der Waals surface area contributed by atoms with Gasteiger partial charge in [0.05, 0.1) is 33.8 Å². The van der Waals surface area contributed by atoms with Gasteiger partial charge in [0.2, 0.25) is 29.5 Å². The predicted molar refractivity (Wildman–Crippen MR) is 251 cm³/mol. The van der Waals surface area contributed by atoms with Crippen molar-refractivity contribution in [1.29, 1.82) is 0 Å². The maximum absolute atomic E-state index is 12.0. The molecule has 67 heavy (non-hydrogen) atoms. The van der Waals surface area contributed by atoms with Crippen LogP contribution >= 0.6 is 15.9 Å². The number of nitro groups is 3. The van der Waals surface area contributed by atoms with Gasteiger partial charge in [-0.15, -0.1) is 0 Å². The summed E-state index contributed by atoms with van der Waals surface area (Å²) in [7, 11) is 0. The van der Waals surface area contributed by atoms with Crippen LogP contribution in [0, 0.1) is 30.3 Å². The van der Waals surface area contributed by atoms with Crippen molar-refractivity contribution in [1.82, 2.24) is 9.80 Å². The number of nitro benzene ring substituents is 3. The molecule has 0 unspecified atom stereocenters. The Morgan fingerprint density at radius 3 is 1.64 bits per heavy atom. The number of hydrogen-bond donors (Lipinski definition) is 4. The van der Waals surface area contributed by atoms with E-state index in [0.717, 1.165) is 0 Å². The first-order valence-electron chi connectivity index (χ1n) is 20.5. The van der Waals surface area contributed by atoms with Gasteiger partial charge in [0.1, 0.15) is 12.1 Å². The number of allylic oxidation sites excluding steroid dienone is 1. The van der Waals surface area contributed by atoms with Gasteiger partial charge in [-0.1, -0.05) is 73.1 Å². The van der Waals surface area contributed by atoms with Crippen LogP contribution in [0.2, 0.25) is 0 Å². The molecule has 0 radical (unpaired) electrons. The van der Waals surface area contributed by atoms with Gasteiger partial charge >= 0.3 is 5.97 Å². The zero-order valence-electron chi connectivity index (χ0n) is 37.1. The summed E-state index contributed by atoms with van der Waals surface area (Å²) in [6.07, 6.45) is 5.85. The van der Waals surface area contributed by atoms with Crippen molar-refractivity contribution in [3.63, 3.8) is 0 Å². The van der Waals surface area contributed by atoms with Gasteiger partial charge in [0.15, 0.2) is 0 Å². The number of non-ortho nitro benzene ring substituents is 3.